The molecule has 4 N–H and O–H groups in total. The highest BCUT2D eigenvalue weighted by Gasteiger charge is 2.74. The van der Waals surface area contributed by atoms with E-state index in [0.717, 1.165) is 32.0 Å². The maximum absolute atomic E-state index is 10.9. The summed E-state index contributed by atoms with van der Waals surface area (Å²) in [5, 5.41) is 28.9. The number of benzene rings is 1. The van der Waals surface area contributed by atoms with Crippen LogP contribution >= 0.6 is 11.3 Å². The van der Waals surface area contributed by atoms with Crippen molar-refractivity contribution < 1.29 is 14.9 Å². The van der Waals surface area contributed by atoms with Crippen molar-refractivity contribution in [3.8, 4) is 10.6 Å². The highest BCUT2D eigenvalue weighted by molar-refractivity contribution is 7.21. The molecule has 2 aliphatic carbocycles. The summed E-state index contributed by atoms with van der Waals surface area (Å²) in [4.78, 5) is 18.7. The van der Waals surface area contributed by atoms with Gasteiger partial charge in [0.25, 0.3) is 0 Å². The van der Waals surface area contributed by atoms with Gasteiger partial charge in [0.05, 0.1) is 40.3 Å². The molecule has 0 aliphatic heterocycles. The van der Waals surface area contributed by atoms with Crippen LogP contribution in [0.4, 0.5) is 11.8 Å². The predicted molar refractivity (Wildman–Crippen MR) is 144 cm³/mol. The van der Waals surface area contributed by atoms with E-state index in [1.54, 1.807) is 30.8 Å². The summed E-state index contributed by atoms with van der Waals surface area (Å²) in [6.07, 6.45) is 2.77. The Hall–Kier alpha value is -3.18. The number of aliphatic hydroxyl groups excluding tert-OH is 1. The number of pyridine rings is 1. The van der Waals surface area contributed by atoms with Crippen molar-refractivity contribution in [1.82, 2.24) is 19.9 Å². The van der Waals surface area contributed by atoms with E-state index in [1.807, 2.05) is 13.0 Å². The van der Waals surface area contributed by atoms with Crippen molar-refractivity contribution in [3.63, 3.8) is 0 Å². The molecule has 3 heterocycles. The maximum Gasteiger partial charge on any atom is 0.225 e. The van der Waals surface area contributed by atoms with E-state index < -0.39 is 17.8 Å². The quantitative estimate of drug-likeness (QED) is 0.289. The van der Waals surface area contributed by atoms with Gasteiger partial charge in [-0.2, -0.15) is 4.98 Å². The summed E-state index contributed by atoms with van der Waals surface area (Å²) in [6.45, 7) is 6.09. The van der Waals surface area contributed by atoms with Crippen molar-refractivity contribution >= 4 is 33.3 Å². The number of aryl methyl sites for hydroxylation is 2. The third-order valence-corrected chi connectivity index (χ3v) is 8.72. The Labute approximate surface area is 219 Å². The molecular formula is C27H30N6O3S. The Kier molecular flexibility index (Phi) is 5.87. The molecule has 0 saturated heterocycles. The number of aliphatic hydroxyl groups is 2. The second-order valence-electron chi connectivity index (χ2n) is 10.1. The van der Waals surface area contributed by atoms with Gasteiger partial charge in [-0.15, -0.1) is 11.3 Å². The summed E-state index contributed by atoms with van der Waals surface area (Å²) in [6, 6.07) is 10.1. The van der Waals surface area contributed by atoms with Crippen molar-refractivity contribution in [1.29, 1.82) is 0 Å². The van der Waals surface area contributed by atoms with Gasteiger partial charge < -0.3 is 25.6 Å². The van der Waals surface area contributed by atoms with Gasteiger partial charge in [-0.3, -0.25) is 4.98 Å². The smallest absolute Gasteiger partial charge is 0.225 e. The number of methoxy groups -OCH3 is 1. The lowest BCUT2D eigenvalue weighted by molar-refractivity contribution is -0.0491. The lowest BCUT2D eigenvalue weighted by atomic mass is 10.1. The largest absolute Gasteiger partial charge is 0.390 e. The van der Waals surface area contributed by atoms with E-state index in [-0.39, 0.29) is 18.0 Å². The van der Waals surface area contributed by atoms with Crippen LogP contribution in [0.15, 0.2) is 42.7 Å². The van der Waals surface area contributed by atoms with Crippen molar-refractivity contribution in [2.75, 3.05) is 17.7 Å². The Morgan fingerprint density at radius 2 is 1.92 bits per heavy atom. The Balaban J connectivity index is 1.38. The number of fused-ring (bicyclic) bond motifs is 2. The third-order valence-electron chi connectivity index (χ3n) is 7.66. The molecule has 37 heavy (non-hydrogen) atoms. The number of aromatic nitrogens is 4. The Morgan fingerprint density at radius 3 is 2.65 bits per heavy atom. The number of thiazole rings is 1. The summed E-state index contributed by atoms with van der Waals surface area (Å²) in [5.41, 5.74) is 3.51. The third kappa shape index (κ3) is 4.04. The Bertz CT molecular complexity index is 1430. The summed E-state index contributed by atoms with van der Waals surface area (Å²) in [7, 11) is 1.56. The minimum absolute atomic E-state index is 0.00562. The molecule has 10 heteroatoms. The normalized spacial score (nSPS) is 27.2. The molecule has 0 radical (unpaired) electrons. The summed E-state index contributed by atoms with van der Waals surface area (Å²) in [5.74, 6) is 0.897. The van der Waals surface area contributed by atoms with E-state index in [2.05, 4.69) is 53.7 Å². The van der Waals surface area contributed by atoms with Crippen LogP contribution in [0.5, 0.6) is 0 Å². The number of ether oxygens (including phenoxy) is 1. The number of hydrogen-bond acceptors (Lipinski definition) is 10. The zero-order chi connectivity index (χ0) is 25.9. The van der Waals surface area contributed by atoms with Crippen LogP contribution in [0, 0.1) is 19.8 Å². The number of nitrogens with one attached hydrogen (secondary N) is 2. The Morgan fingerprint density at radius 1 is 1.14 bits per heavy atom. The molecule has 0 amide bonds. The molecule has 0 bridgehead atoms. The first-order chi connectivity index (χ1) is 17.8. The standard InChI is InChI=1S/C27H30N6O3S/c1-13-5-7-16(8-6-13)14(2)29-26-30-15(3)21(25-32-19-12-28-10-9-20(19)37-25)24(33-26)31-18-11-17-22(34)27(17,35)23(18)36-4/h5-10,12,14,17-18,22-23,34-35H,11H2,1-4H3,(H2,29,30,31,33)/t14-,17-,18-,22?,23+,27+/m1/s1. The van der Waals surface area contributed by atoms with Crippen LogP contribution in [-0.2, 0) is 4.74 Å². The molecule has 6 rings (SSSR count). The average Bonchev–Trinajstić information content (AvgIpc) is 3.18. The maximum atomic E-state index is 10.9. The molecule has 1 unspecified atom stereocenters. The lowest BCUT2D eigenvalue weighted by Gasteiger charge is -2.28. The first kappa shape index (κ1) is 24.2. The fourth-order valence-corrected chi connectivity index (χ4v) is 6.57. The molecule has 192 valence electrons. The SMILES string of the molecule is CO[C@H]1[C@H](Nc2nc(N[C@H](C)c3ccc(C)cc3)nc(C)c2-c2nc3cnccc3s2)C[C@@H]2C(O)[C@@]21O. The second kappa shape index (κ2) is 8.98. The van der Waals surface area contributed by atoms with Gasteiger partial charge in [0.15, 0.2) is 0 Å². The van der Waals surface area contributed by atoms with Gasteiger partial charge in [0, 0.05) is 19.2 Å². The number of anilines is 2. The monoisotopic (exact) mass is 518 g/mol. The first-order valence-electron chi connectivity index (χ1n) is 12.4. The zero-order valence-corrected chi connectivity index (χ0v) is 22.0. The number of nitrogens with zero attached hydrogens (tertiary/aromatic N) is 4. The van der Waals surface area contributed by atoms with E-state index in [4.69, 9.17) is 19.7 Å². The molecule has 9 nitrogen and oxygen atoms in total. The molecule has 2 saturated carbocycles. The fourth-order valence-electron chi connectivity index (χ4n) is 5.54. The van der Waals surface area contributed by atoms with Gasteiger partial charge in [-0.25, -0.2) is 9.97 Å². The van der Waals surface area contributed by atoms with Gasteiger partial charge in [0.1, 0.15) is 28.0 Å². The van der Waals surface area contributed by atoms with E-state index >= 15 is 0 Å². The van der Waals surface area contributed by atoms with Gasteiger partial charge in [-0.1, -0.05) is 29.8 Å². The summed E-state index contributed by atoms with van der Waals surface area (Å²) < 4.78 is 6.68. The van der Waals surface area contributed by atoms with E-state index in [1.165, 1.54) is 5.56 Å². The second-order valence-corrected chi connectivity index (χ2v) is 11.1. The molecule has 6 atom stereocenters. The van der Waals surface area contributed by atoms with Crippen LogP contribution in [0.2, 0.25) is 0 Å². The van der Waals surface area contributed by atoms with Crippen LogP contribution in [0.3, 0.4) is 0 Å². The minimum atomic E-state index is -1.22. The topological polar surface area (TPSA) is 125 Å². The number of rotatable bonds is 7. The van der Waals surface area contributed by atoms with Crippen molar-refractivity contribution in [2.24, 2.45) is 5.92 Å². The van der Waals surface area contributed by atoms with Crippen molar-refractivity contribution in [3.05, 3.63) is 59.5 Å². The molecule has 3 aromatic heterocycles. The molecule has 1 aromatic carbocycles. The van der Waals surface area contributed by atoms with Crippen LogP contribution < -0.4 is 10.6 Å². The van der Waals surface area contributed by atoms with Gasteiger partial charge in [-0.05, 0) is 38.8 Å². The van der Waals surface area contributed by atoms with Crippen LogP contribution in [0.1, 0.15) is 36.2 Å². The average molecular weight is 519 g/mol. The summed E-state index contributed by atoms with van der Waals surface area (Å²) >= 11 is 1.56. The first-order valence-corrected chi connectivity index (χ1v) is 13.2. The molecule has 2 fully saturated rings. The van der Waals surface area contributed by atoms with Crippen LogP contribution in [0.25, 0.3) is 20.8 Å². The highest BCUT2D eigenvalue weighted by atomic mass is 32.1. The van der Waals surface area contributed by atoms with E-state index in [9.17, 15) is 10.2 Å². The fraction of sp³-hybridized carbons (Fsp3) is 0.407. The van der Waals surface area contributed by atoms with Crippen molar-refractivity contribution in [2.45, 2.75) is 57.1 Å². The lowest BCUT2D eigenvalue weighted by Crippen LogP contribution is -2.43. The molecule has 0 spiro atoms. The van der Waals surface area contributed by atoms with Crippen LogP contribution in [-0.4, -0.2) is 61.1 Å². The van der Waals surface area contributed by atoms with Gasteiger partial charge >= 0.3 is 0 Å². The highest BCUT2D eigenvalue weighted by Crippen LogP contribution is 2.57. The van der Waals surface area contributed by atoms with E-state index in [0.29, 0.717) is 18.2 Å². The molecule has 2 aliphatic rings. The minimum Gasteiger partial charge on any atom is -0.390 e. The predicted octanol–water partition coefficient (Wildman–Crippen LogP) is 3.86. The number of hydrogen-bond donors (Lipinski definition) is 4. The molecule has 4 aromatic rings. The molecular weight excluding hydrogens is 488 g/mol. The van der Waals surface area contributed by atoms with Gasteiger partial charge in [0.2, 0.25) is 5.95 Å². The zero-order valence-electron chi connectivity index (χ0n) is 21.1.